The summed E-state index contributed by atoms with van der Waals surface area (Å²) in [7, 11) is 0. The van der Waals surface area contributed by atoms with Gasteiger partial charge in [-0.05, 0) is 35.2 Å². The minimum Gasteiger partial charge on any atom is -0.387 e. The van der Waals surface area contributed by atoms with E-state index in [2.05, 4.69) is 15.9 Å². The van der Waals surface area contributed by atoms with Crippen LogP contribution in [0.25, 0.3) is 0 Å². The Labute approximate surface area is 106 Å². The van der Waals surface area contributed by atoms with E-state index in [1.165, 1.54) is 17.4 Å². The molecule has 0 amide bonds. The van der Waals surface area contributed by atoms with Gasteiger partial charge in [0.2, 0.25) is 0 Å². The van der Waals surface area contributed by atoms with Crippen LogP contribution in [0.3, 0.4) is 0 Å². The molecule has 0 saturated carbocycles. The number of thiophene rings is 1. The molecule has 4 heteroatoms. The van der Waals surface area contributed by atoms with E-state index in [1.54, 1.807) is 12.1 Å². The van der Waals surface area contributed by atoms with Gasteiger partial charge in [0.1, 0.15) is 5.82 Å². The van der Waals surface area contributed by atoms with Crippen LogP contribution in [-0.4, -0.2) is 5.11 Å². The van der Waals surface area contributed by atoms with Gasteiger partial charge in [-0.3, -0.25) is 0 Å². The lowest BCUT2D eigenvalue weighted by Crippen LogP contribution is -2.01. The second-order valence-corrected chi connectivity index (χ2v) is 5.37. The fraction of sp³-hybridized carbons (Fsp3) is 0.167. The summed E-state index contributed by atoms with van der Waals surface area (Å²) in [4.78, 5) is 0.861. The first-order valence-electron chi connectivity index (χ1n) is 4.82. The van der Waals surface area contributed by atoms with E-state index in [0.717, 1.165) is 9.35 Å². The molecule has 1 aromatic carbocycles. The predicted octanol–water partition coefficient (Wildman–Crippen LogP) is 3.93. The second-order valence-electron chi connectivity index (χ2n) is 3.47. The van der Waals surface area contributed by atoms with Crippen LogP contribution >= 0.6 is 27.3 Å². The van der Waals surface area contributed by atoms with Crippen LogP contribution in [0.5, 0.6) is 0 Å². The lowest BCUT2D eigenvalue weighted by atomic mass is 10.1. The molecule has 1 nitrogen and oxygen atoms in total. The monoisotopic (exact) mass is 300 g/mol. The normalized spacial score (nSPS) is 12.7. The van der Waals surface area contributed by atoms with Crippen LogP contribution in [-0.2, 0) is 6.42 Å². The summed E-state index contributed by atoms with van der Waals surface area (Å²) in [6.07, 6.45) is -0.338. The first-order valence-corrected chi connectivity index (χ1v) is 6.49. The average molecular weight is 301 g/mol. The minimum absolute atomic E-state index is 0.279. The van der Waals surface area contributed by atoms with Crippen molar-refractivity contribution in [3.8, 4) is 0 Å². The highest BCUT2D eigenvalue weighted by molar-refractivity contribution is 9.10. The molecule has 0 aliphatic heterocycles. The van der Waals surface area contributed by atoms with Crippen molar-refractivity contribution in [1.82, 2.24) is 0 Å². The SMILES string of the molecule is OC(Cc1cc(Br)ccc1F)c1cccs1. The van der Waals surface area contributed by atoms with Crippen LogP contribution in [0.4, 0.5) is 4.39 Å². The molecule has 0 spiro atoms. The molecule has 2 aromatic rings. The Morgan fingerprint density at radius 2 is 2.19 bits per heavy atom. The third-order valence-electron chi connectivity index (χ3n) is 2.29. The lowest BCUT2D eigenvalue weighted by Gasteiger charge is -2.09. The number of benzene rings is 1. The Morgan fingerprint density at radius 1 is 1.38 bits per heavy atom. The van der Waals surface area contributed by atoms with Gasteiger partial charge in [0.25, 0.3) is 0 Å². The minimum atomic E-state index is -0.635. The summed E-state index contributed by atoms with van der Waals surface area (Å²) in [5.74, 6) is -0.279. The number of aliphatic hydroxyl groups excluding tert-OH is 1. The maximum Gasteiger partial charge on any atom is 0.126 e. The molecule has 84 valence electrons. The molecule has 2 rings (SSSR count). The van der Waals surface area contributed by atoms with Gasteiger partial charge >= 0.3 is 0 Å². The summed E-state index contributed by atoms with van der Waals surface area (Å²) in [6, 6.07) is 8.48. The van der Waals surface area contributed by atoms with Gasteiger partial charge in [-0.15, -0.1) is 11.3 Å². The molecule has 0 bridgehead atoms. The van der Waals surface area contributed by atoms with Crippen molar-refractivity contribution in [2.45, 2.75) is 12.5 Å². The zero-order valence-electron chi connectivity index (χ0n) is 8.36. The topological polar surface area (TPSA) is 20.2 Å². The first-order chi connectivity index (χ1) is 7.66. The van der Waals surface area contributed by atoms with Gasteiger partial charge in [0.15, 0.2) is 0 Å². The summed E-state index contributed by atoms with van der Waals surface area (Å²) in [5, 5.41) is 11.8. The smallest absolute Gasteiger partial charge is 0.126 e. The van der Waals surface area contributed by atoms with Crippen LogP contribution in [0.2, 0.25) is 0 Å². The Bertz CT molecular complexity index is 470. The molecule has 1 atom stereocenters. The third-order valence-corrected chi connectivity index (χ3v) is 3.76. The molecule has 1 heterocycles. The van der Waals surface area contributed by atoms with E-state index < -0.39 is 6.10 Å². The van der Waals surface area contributed by atoms with Gasteiger partial charge in [0, 0.05) is 15.8 Å². The molecular formula is C12H10BrFOS. The number of aliphatic hydroxyl groups is 1. The molecule has 0 aliphatic rings. The van der Waals surface area contributed by atoms with Gasteiger partial charge < -0.3 is 5.11 Å². The maximum absolute atomic E-state index is 13.4. The van der Waals surface area contributed by atoms with Gasteiger partial charge in [0.05, 0.1) is 6.10 Å². The molecule has 0 aliphatic carbocycles. The fourth-order valence-corrected chi connectivity index (χ4v) is 2.61. The van der Waals surface area contributed by atoms with Crippen molar-refractivity contribution in [1.29, 1.82) is 0 Å². The number of rotatable bonds is 3. The Balaban J connectivity index is 2.17. The van der Waals surface area contributed by atoms with E-state index in [-0.39, 0.29) is 5.82 Å². The molecule has 0 fully saturated rings. The summed E-state index contributed by atoms with van der Waals surface area (Å²) < 4.78 is 14.3. The van der Waals surface area contributed by atoms with Crippen LogP contribution in [0.15, 0.2) is 40.2 Å². The largest absolute Gasteiger partial charge is 0.387 e. The zero-order chi connectivity index (χ0) is 11.5. The van der Waals surface area contributed by atoms with Crippen molar-refractivity contribution >= 4 is 27.3 Å². The van der Waals surface area contributed by atoms with E-state index in [1.807, 2.05) is 17.5 Å². The number of halogens is 2. The molecule has 0 radical (unpaired) electrons. The van der Waals surface area contributed by atoms with E-state index >= 15 is 0 Å². The molecule has 1 N–H and O–H groups in total. The summed E-state index contributed by atoms with van der Waals surface area (Å²) >= 11 is 4.77. The quantitative estimate of drug-likeness (QED) is 0.911. The second kappa shape index (κ2) is 5.08. The van der Waals surface area contributed by atoms with Crippen molar-refractivity contribution in [3.05, 3.63) is 56.4 Å². The third kappa shape index (κ3) is 2.70. The molecule has 1 aromatic heterocycles. The van der Waals surface area contributed by atoms with Gasteiger partial charge in [-0.1, -0.05) is 22.0 Å². The van der Waals surface area contributed by atoms with Crippen molar-refractivity contribution in [2.75, 3.05) is 0 Å². The van der Waals surface area contributed by atoms with Crippen molar-refractivity contribution in [3.63, 3.8) is 0 Å². The van der Waals surface area contributed by atoms with Gasteiger partial charge in [-0.25, -0.2) is 4.39 Å². The number of hydrogen-bond donors (Lipinski definition) is 1. The van der Waals surface area contributed by atoms with E-state index in [0.29, 0.717) is 12.0 Å². The predicted molar refractivity (Wildman–Crippen MR) is 67.1 cm³/mol. The van der Waals surface area contributed by atoms with Crippen molar-refractivity contribution in [2.24, 2.45) is 0 Å². The van der Waals surface area contributed by atoms with E-state index in [9.17, 15) is 9.50 Å². The number of hydrogen-bond acceptors (Lipinski definition) is 2. The Hall–Kier alpha value is -0.710. The summed E-state index contributed by atoms with van der Waals surface area (Å²) in [6.45, 7) is 0. The summed E-state index contributed by atoms with van der Waals surface area (Å²) in [5.41, 5.74) is 0.523. The Kier molecular flexibility index (Phi) is 3.74. The Morgan fingerprint density at radius 3 is 2.88 bits per heavy atom. The maximum atomic E-state index is 13.4. The highest BCUT2D eigenvalue weighted by atomic mass is 79.9. The van der Waals surface area contributed by atoms with Crippen molar-refractivity contribution < 1.29 is 9.50 Å². The highest BCUT2D eigenvalue weighted by Gasteiger charge is 2.12. The molecule has 1 unspecified atom stereocenters. The molecule has 16 heavy (non-hydrogen) atoms. The fourth-order valence-electron chi connectivity index (χ4n) is 1.49. The molecular weight excluding hydrogens is 291 g/mol. The van der Waals surface area contributed by atoms with Crippen LogP contribution < -0.4 is 0 Å². The standard InChI is InChI=1S/C12H10BrFOS/c13-9-3-4-10(14)8(6-9)7-11(15)12-2-1-5-16-12/h1-6,11,15H,7H2. The average Bonchev–Trinajstić information content (AvgIpc) is 2.76. The van der Waals surface area contributed by atoms with Crippen LogP contribution in [0.1, 0.15) is 16.5 Å². The zero-order valence-corrected chi connectivity index (χ0v) is 10.8. The van der Waals surface area contributed by atoms with Crippen LogP contribution in [0, 0.1) is 5.82 Å². The van der Waals surface area contributed by atoms with E-state index in [4.69, 9.17) is 0 Å². The highest BCUT2D eigenvalue weighted by Crippen LogP contribution is 2.25. The van der Waals surface area contributed by atoms with Gasteiger partial charge in [-0.2, -0.15) is 0 Å². The first kappa shape index (κ1) is 11.8. The lowest BCUT2D eigenvalue weighted by molar-refractivity contribution is 0.181. The molecule has 0 saturated heterocycles.